The first-order valence-corrected chi connectivity index (χ1v) is 6.67. The molecule has 0 aliphatic rings. The summed E-state index contributed by atoms with van der Waals surface area (Å²) < 4.78 is 4.81. The fourth-order valence-electron chi connectivity index (χ4n) is 1.87. The van der Waals surface area contributed by atoms with Gasteiger partial charge in [0.2, 0.25) is 11.9 Å². The van der Waals surface area contributed by atoms with E-state index in [0.717, 1.165) is 11.1 Å². The lowest BCUT2D eigenvalue weighted by Gasteiger charge is -2.18. The molecule has 0 aliphatic heterocycles. The summed E-state index contributed by atoms with van der Waals surface area (Å²) in [6.07, 6.45) is 0. The van der Waals surface area contributed by atoms with Crippen molar-refractivity contribution in [3.8, 4) is 0 Å². The zero-order chi connectivity index (χ0) is 16.0. The van der Waals surface area contributed by atoms with Gasteiger partial charge >= 0.3 is 5.97 Å². The maximum Gasteiger partial charge on any atom is 0.338 e. The Hall–Kier alpha value is -2.37. The second-order valence-corrected chi connectivity index (χ2v) is 4.64. The maximum atomic E-state index is 12.2. The molecule has 6 nitrogen and oxygen atoms in total. The minimum absolute atomic E-state index is 0.131. The number of aryl methyl sites for hydroxylation is 2. The SMILES string of the molecule is CCOC(=O)[C@H](NC(C)=O)C(=O)Nc1c(C)cccc1C. The monoisotopic (exact) mass is 292 g/mol. The molecule has 0 unspecified atom stereocenters. The Morgan fingerprint density at radius 1 is 1.19 bits per heavy atom. The molecule has 0 spiro atoms. The molecule has 0 radical (unpaired) electrons. The quantitative estimate of drug-likeness (QED) is 0.633. The van der Waals surface area contributed by atoms with Gasteiger partial charge in [-0.3, -0.25) is 9.59 Å². The summed E-state index contributed by atoms with van der Waals surface area (Å²) in [5.74, 6) is -1.89. The molecule has 114 valence electrons. The highest BCUT2D eigenvalue weighted by Crippen LogP contribution is 2.19. The fourth-order valence-corrected chi connectivity index (χ4v) is 1.87. The van der Waals surface area contributed by atoms with E-state index in [0.29, 0.717) is 5.69 Å². The van der Waals surface area contributed by atoms with Crippen molar-refractivity contribution in [3.63, 3.8) is 0 Å². The molecular formula is C15H20N2O4. The Kier molecular flexibility index (Phi) is 5.90. The summed E-state index contributed by atoms with van der Waals surface area (Å²) in [5.41, 5.74) is 2.37. The minimum atomic E-state index is -1.36. The number of rotatable bonds is 5. The molecule has 1 rings (SSSR count). The van der Waals surface area contributed by atoms with Gasteiger partial charge in [-0.1, -0.05) is 18.2 Å². The number of carbonyl (C=O) groups is 3. The number of benzene rings is 1. The van der Waals surface area contributed by atoms with Crippen LogP contribution in [0.5, 0.6) is 0 Å². The maximum absolute atomic E-state index is 12.2. The molecule has 1 aromatic rings. The number of hydrogen-bond acceptors (Lipinski definition) is 4. The average molecular weight is 292 g/mol. The molecule has 1 aromatic carbocycles. The predicted molar refractivity (Wildman–Crippen MR) is 78.8 cm³/mol. The fraction of sp³-hybridized carbons (Fsp3) is 0.400. The number of para-hydroxylation sites is 1. The Morgan fingerprint density at radius 2 is 1.76 bits per heavy atom. The third kappa shape index (κ3) is 4.59. The Morgan fingerprint density at radius 3 is 2.24 bits per heavy atom. The van der Waals surface area contributed by atoms with Crippen LogP contribution in [0.2, 0.25) is 0 Å². The zero-order valence-electron chi connectivity index (χ0n) is 12.6. The van der Waals surface area contributed by atoms with Crippen molar-refractivity contribution in [1.29, 1.82) is 0 Å². The number of nitrogens with one attached hydrogen (secondary N) is 2. The van der Waals surface area contributed by atoms with Crippen LogP contribution >= 0.6 is 0 Å². The lowest BCUT2D eigenvalue weighted by Crippen LogP contribution is -2.49. The molecule has 0 saturated carbocycles. The van der Waals surface area contributed by atoms with Crippen LogP contribution in [0.1, 0.15) is 25.0 Å². The van der Waals surface area contributed by atoms with E-state index in [1.807, 2.05) is 32.0 Å². The van der Waals surface area contributed by atoms with Crippen molar-refractivity contribution in [3.05, 3.63) is 29.3 Å². The summed E-state index contributed by atoms with van der Waals surface area (Å²) in [6, 6.07) is 4.21. The molecular weight excluding hydrogens is 272 g/mol. The number of ether oxygens (including phenoxy) is 1. The highest BCUT2D eigenvalue weighted by atomic mass is 16.5. The second-order valence-electron chi connectivity index (χ2n) is 4.64. The van der Waals surface area contributed by atoms with E-state index in [9.17, 15) is 14.4 Å². The standard InChI is InChI=1S/C15H20N2O4/c1-5-21-15(20)13(16-11(4)18)14(19)17-12-9(2)7-6-8-10(12)3/h6-8,13H,5H2,1-4H3,(H,16,18)(H,17,19)/t13-/m1/s1. The van der Waals surface area contributed by atoms with Gasteiger partial charge in [0, 0.05) is 12.6 Å². The molecule has 1 atom stereocenters. The lowest BCUT2D eigenvalue weighted by molar-refractivity contribution is -0.149. The van der Waals surface area contributed by atoms with Crippen molar-refractivity contribution >= 4 is 23.5 Å². The van der Waals surface area contributed by atoms with E-state index in [-0.39, 0.29) is 6.61 Å². The Labute approximate surface area is 123 Å². The van der Waals surface area contributed by atoms with Crippen LogP contribution in [0.3, 0.4) is 0 Å². The van der Waals surface area contributed by atoms with E-state index in [4.69, 9.17) is 4.74 Å². The van der Waals surface area contributed by atoms with E-state index >= 15 is 0 Å². The van der Waals surface area contributed by atoms with Crippen LogP contribution in [-0.4, -0.2) is 30.4 Å². The van der Waals surface area contributed by atoms with Crippen molar-refractivity contribution in [2.75, 3.05) is 11.9 Å². The summed E-state index contributed by atoms with van der Waals surface area (Å²) in [4.78, 5) is 35.2. The molecule has 0 bridgehead atoms. The van der Waals surface area contributed by atoms with Gasteiger partial charge in [0.05, 0.1) is 6.61 Å². The smallest absolute Gasteiger partial charge is 0.338 e. The van der Waals surface area contributed by atoms with Gasteiger partial charge in [-0.25, -0.2) is 4.79 Å². The van der Waals surface area contributed by atoms with E-state index in [1.54, 1.807) is 6.92 Å². The first-order valence-electron chi connectivity index (χ1n) is 6.67. The summed E-state index contributed by atoms with van der Waals surface area (Å²) in [6.45, 7) is 6.69. The molecule has 2 N–H and O–H groups in total. The summed E-state index contributed by atoms with van der Waals surface area (Å²) in [5, 5.41) is 4.97. The van der Waals surface area contributed by atoms with Crippen molar-refractivity contribution < 1.29 is 19.1 Å². The summed E-state index contributed by atoms with van der Waals surface area (Å²) >= 11 is 0. The average Bonchev–Trinajstić information content (AvgIpc) is 2.40. The van der Waals surface area contributed by atoms with Gasteiger partial charge in [-0.15, -0.1) is 0 Å². The number of carbonyl (C=O) groups excluding carboxylic acids is 3. The molecule has 0 saturated heterocycles. The zero-order valence-corrected chi connectivity index (χ0v) is 12.6. The third-order valence-electron chi connectivity index (χ3n) is 2.86. The second kappa shape index (κ2) is 7.42. The van der Waals surface area contributed by atoms with Crippen LogP contribution in [0, 0.1) is 13.8 Å². The van der Waals surface area contributed by atoms with Crippen LogP contribution in [0.15, 0.2) is 18.2 Å². The molecule has 0 aromatic heterocycles. The van der Waals surface area contributed by atoms with Crippen LogP contribution < -0.4 is 10.6 Å². The highest BCUT2D eigenvalue weighted by molar-refractivity contribution is 6.10. The first-order chi connectivity index (χ1) is 9.86. The van der Waals surface area contributed by atoms with Gasteiger partial charge in [-0.2, -0.15) is 0 Å². The Balaban J connectivity index is 2.95. The van der Waals surface area contributed by atoms with Crippen LogP contribution in [-0.2, 0) is 19.1 Å². The topological polar surface area (TPSA) is 84.5 Å². The lowest BCUT2D eigenvalue weighted by atomic mass is 10.1. The van der Waals surface area contributed by atoms with Crippen LogP contribution in [0.25, 0.3) is 0 Å². The van der Waals surface area contributed by atoms with Crippen molar-refractivity contribution in [2.24, 2.45) is 0 Å². The van der Waals surface area contributed by atoms with Gasteiger partial charge in [-0.05, 0) is 31.9 Å². The number of hydrogen-bond donors (Lipinski definition) is 2. The third-order valence-corrected chi connectivity index (χ3v) is 2.86. The predicted octanol–water partition coefficient (Wildman–Crippen LogP) is 1.31. The van der Waals surface area contributed by atoms with Crippen molar-refractivity contribution in [2.45, 2.75) is 33.7 Å². The van der Waals surface area contributed by atoms with E-state index in [1.165, 1.54) is 6.92 Å². The molecule has 0 heterocycles. The summed E-state index contributed by atoms with van der Waals surface area (Å²) in [7, 11) is 0. The molecule has 0 fully saturated rings. The van der Waals surface area contributed by atoms with E-state index in [2.05, 4.69) is 10.6 Å². The van der Waals surface area contributed by atoms with Gasteiger partial charge in [0.1, 0.15) is 0 Å². The number of esters is 1. The normalized spacial score (nSPS) is 11.4. The number of anilines is 1. The van der Waals surface area contributed by atoms with E-state index < -0.39 is 23.8 Å². The number of amides is 2. The Bertz CT molecular complexity index is 534. The van der Waals surface area contributed by atoms with Gasteiger partial charge < -0.3 is 15.4 Å². The van der Waals surface area contributed by atoms with Gasteiger partial charge in [0.15, 0.2) is 0 Å². The molecule has 6 heteroatoms. The largest absolute Gasteiger partial charge is 0.464 e. The van der Waals surface area contributed by atoms with Crippen LogP contribution in [0.4, 0.5) is 5.69 Å². The van der Waals surface area contributed by atoms with Crippen molar-refractivity contribution in [1.82, 2.24) is 5.32 Å². The molecule has 21 heavy (non-hydrogen) atoms. The minimum Gasteiger partial charge on any atom is -0.464 e. The van der Waals surface area contributed by atoms with Gasteiger partial charge in [0.25, 0.3) is 5.91 Å². The first kappa shape index (κ1) is 16.7. The highest BCUT2D eigenvalue weighted by Gasteiger charge is 2.29. The molecule has 2 amide bonds. The molecule has 0 aliphatic carbocycles.